The van der Waals surface area contributed by atoms with Crippen molar-refractivity contribution in [1.82, 2.24) is 5.32 Å². The van der Waals surface area contributed by atoms with Gasteiger partial charge in [0.25, 0.3) is 0 Å². The molecule has 1 atom stereocenters. The van der Waals surface area contributed by atoms with E-state index in [0.717, 1.165) is 39.0 Å². The molecule has 0 bridgehead atoms. The van der Waals surface area contributed by atoms with Gasteiger partial charge in [-0.2, -0.15) is 0 Å². The fourth-order valence-corrected chi connectivity index (χ4v) is 2.28. The van der Waals surface area contributed by atoms with Crippen LogP contribution < -0.4 is 5.32 Å². The van der Waals surface area contributed by atoms with Gasteiger partial charge in [0.1, 0.15) is 0 Å². The van der Waals surface area contributed by atoms with Gasteiger partial charge in [0.2, 0.25) is 0 Å². The number of hydrogen-bond donors (Lipinski definition) is 1. The fraction of sp³-hybridized carbons (Fsp3) is 0.667. The predicted octanol–water partition coefficient (Wildman–Crippen LogP) is 4.50. The first-order chi connectivity index (χ1) is 9.81. The van der Waals surface area contributed by atoms with Gasteiger partial charge in [0.15, 0.2) is 0 Å². The van der Waals surface area contributed by atoms with Gasteiger partial charge >= 0.3 is 0 Å². The lowest BCUT2D eigenvalue weighted by Gasteiger charge is -2.18. The molecule has 20 heavy (non-hydrogen) atoms. The first-order valence-corrected chi connectivity index (χ1v) is 8.21. The third-order valence-corrected chi connectivity index (χ3v) is 3.70. The van der Waals surface area contributed by atoms with E-state index >= 15 is 0 Å². The normalized spacial score (nSPS) is 12.6. The van der Waals surface area contributed by atoms with E-state index in [1.54, 1.807) is 0 Å². The average Bonchev–Trinajstić information content (AvgIpc) is 2.50. The highest BCUT2D eigenvalue weighted by Gasteiger charge is 2.07. The second kappa shape index (κ2) is 10.9. The molecule has 0 aromatic heterocycles. The SMILES string of the molecule is CCCCOCCCNC(CC)c1ccc(CC)cc1. The first-order valence-electron chi connectivity index (χ1n) is 8.21. The van der Waals surface area contributed by atoms with Crippen LogP contribution in [-0.2, 0) is 11.2 Å². The smallest absolute Gasteiger partial charge is 0.0478 e. The summed E-state index contributed by atoms with van der Waals surface area (Å²) in [5, 5.41) is 3.63. The standard InChI is InChI=1S/C18H31NO/c1-4-7-14-20-15-8-13-19-18(6-3)17-11-9-16(5-2)10-12-17/h9-12,18-19H,4-8,13-15H2,1-3H3. The van der Waals surface area contributed by atoms with Gasteiger partial charge in [0, 0.05) is 19.3 Å². The molecule has 0 radical (unpaired) electrons. The summed E-state index contributed by atoms with van der Waals surface area (Å²) in [5.74, 6) is 0. The van der Waals surface area contributed by atoms with E-state index in [4.69, 9.17) is 4.74 Å². The van der Waals surface area contributed by atoms with Gasteiger partial charge in [0.05, 0.1) is 0 Å². The van der Waals surface area contributed by atoms with Crippen molar-refractivity contribution in [3.63, 3.8) is 0 Å². The average molecular weight is 277 g/mol. The molecule has 0 spiro atoms. The maximum atomic E-state index is 5.59. The number of benzene rings is 1. The molecule has 0 aliphatic carbocycles. The third kappa shape index (κ3) is 6.53. The van der Waals surface area contributed by atoms with Crippen molar-refractivity contribution in [2.24, 2.45) is 0 Å². The predicted molar refractivity (Wildman–Crippen MR) is 87.2 cm³/mol. The molecule has 1 unspecified atom stereocenters. The zero-order chi connectivity index (χ0) is 14.6. The van der Waals surface area contributed by atoms with E-state index < -0.39 is 0 Å². The summed E-state index contributed by atoms with van der Waals surface area (Å²) in [6, 6.07) is 9.48. The molecule has 0 amide bonds. The first kappa shape index (κ1) is 17.2. The minimum Gasteiger partial charge on any atom is -0.381 e. The van der Waals surface area contributed by atoms with E-state index in [2.05, 4.69) is 50.4 Å². The van der Waals surface area contributed by atoms with Crippen LogP contribution in [0, 0.1) is 0 Å². The largest absolute Gasteiger partial charge is 0.381 e. The third-order valence-electron chi connectivity index (χ3n) is 3.70. The highest BCUT2D eigenvalue weighted by Crippen LogP contribution is 2.17. The second-order valence-corrected chi connectivity index (χ2v) is 5.33. The lowest BCUT2D eigenvalue weighted by atomic mass is 10.0. The minimum absolute atomic E-state index is 0.469. The van der Waals surface area contributed by atoms with Crippen LogP contribution in [0.15, 0.2) is 24.3 Å². The maximum Gasteiger partial charge on any atom is 0.0478 e. The Hall–Kier alpha value is -0.860. The summed E-state index contributed by atoms with van der Waals surface area (Å²) in [4.78, 5) is 0. The lowest BCUT2D eigenvalue weighted by Crippen LogP contribution is -2.23. The maximum absolute atomic E-state index is 5.59. The minimum atomic E-state index is 0.469. The zero-order valence-electron chi connectivity index (χ0n) is 13.5. The molecule has 1 aromatic rings. The molecule has 0 saturated heterocycles. The molecular formula is C18H31NO. The van der Waals surface area contributed by atoms with Crippen LogP contribution in [0.3, 0.4) is 0 Å². The lowest BCUT2D eigenvalue weighted by molar-refractivity contribution is 0.128. The molecule has 1 aromatic carbocycles. The van der Waals surface area contributed by atoms with Crippen molar-refractivity contribution < 1.29 is 4.74 Å². The molecule has 114 valence electrons. The van der Waals surface area contributed by atoms with Crippen molar-refractivity contribution in [3.8, 4) is 0 Å². The number of aryl methyl sites for hydroxylation is 1. The van der Waals surface area contributed by atoms with Crippen LogP contribution in [0.4, 0.5) is 0 Å². The molecule has 2 nitrogen and oxygen atoms in total. The van der Waals surface area contributed by atoms with Crippen LogP contribution in [0.25, 0.3) is 0 Å². The van der Waals surface area contributed by atoms with Crippen LogP contribution >= 0.6 is 0 Å². The Morgan fingerprint density at radius 2 is 1.70 bits per heavy atom. The van der Waals surface area contributed by atoms with Crippen LogP contribution in [0.5, 0.6) is 0 Å². The van der Waals surface area contributed by atoms with Crippen molar-refractivity contribution in [2.45, 2.75) is 58.9 Å². The van der Waals surface area contributed by atoms with Crippen molar-refractivity contribution >= 4 is 0 Å². The summed E-state index contributed by atoms with van der Waals surface area (Å²) in [7, 11) is 0. The molecule has 1 N–H and O–H groups in total. The number of unbranched alkanes of at least 4 members (excludes halogenated alkanes) is 1. The van der Waals surface area contributed by atoms with Crippen LogP contribution in [-0.4, -0.2) is 19.8 Å². The van der Waals surface area contributed by atoms with E-state index in [-0.39, 0.29) is 0 Å². The molecule has 0 heterocycles. The summed E-state index contributed by atoms with van der Waals surface area (Å²) in [6.45, 7) is 9.44. The molecule has 0 saturated carbocycles. The van der Waals surface area contributed by atoms with E-state index in [0.29, 0.717) is 6.04 Å². The summed E-state index contributed by atoms with van der Waals surface area (Å²) in [5.41, 5.74) is 2.81. The Balaban J connectivity index is 2.24. The highest BCUT2D eigenvalue weighted by molar-refractivity contribution is 5.24. The number of rotatable bonds is 11. The molecule has 0 aliphatic heterocycles. The zero-order valence-corrected chi connectivity index (χ0v) is 13.5. The van der Waals surface area contributed by atoms with Crippen LogP contribution in [0.2, 0.25) is 0 Å². The van der Waals surface area contributed by atoms with Gasteiger partial charge in [-0.3, -0.25) is 0 Å². The Labute approximate surface area is 124 Å². The Kier molecular flexibility index (Phi) is 9.35. The monoisotopic (exact) mass is 277 g/mol. The highest BCUT2D eigenvalue weighted by atomic mass is 16.5. The summed E-state index contributed by atoms with van der Waals surface area (Å²) < 4.78 is 5.59. The van der Waals surface area contributed by atoms with Crippen molar-refractivity contribution in [2.75, 3.05) is 19.8 Å². The van der Waals surface area contributed by atoms with E-state index in [1.165, 1.54) is 24.0 Å². The van der Waals surface area contributed by atoms with Gasteiger partial charge < -0.3 is 10.1 Å². The number of hydrogen-bond acceptors (Lipinski definition) is 2. The molecule has 0 aliphatic rings. The van der Waals surface area contributed by atoms with Gasteiger partial charge in [-0.15, -0.1) is 0 Å². The van der Waals surface area contributed by atoms with E-state index in [9.17, 15) is 0 Å². The number of nitrogens with one attached hydrogen (secondary N) is 1. The van der Waals surface area contributed by atoms with Crippen LogP contribution in [0.1, 0.15) is 63.6 Å². The van der Waals surface area contributed by atoms with Gasteiger partial charge in [-0.1, -0.05) is 51.5 Å². The molecule has 2 heteroatoms. The Morgan fingerprint density at radius 1 is 1.00 bits per heavy atom. The van der Waals surface area contributed by atoms with E-state index in [1.807, 2.05) is 0 Å². The van der Waals surface area contributed by atoms with Crippen molar-refractivity contribution in [1.29, 1.82) is 0 Å². The second-order valence-electron chi connectivity index (χ2n) is 5.33. The fourth-order valence-electron chi connectivity index (χ4n) is 2.28. The topological polar surface area (TPSA) is 21.3 Å². The Morgan fingerprint density at radius 3 is 2.30 bits per heavy atom. The van der Waals surface area contributed by atoms with Gasteiger partial charge in [-0.05, 0) is 43.4 Å². The molecule has 1 rings (SSSR count). The Bertz CT molecular complexity index is 334. The van der Waals surface area contributed by atoms with Crippen molar-refractivity contribution in [3.05, 3.63) is 35.4 Å². The molecular weight excluding hydrogens is 246 g/mol. The molecule has 0 fully saturated rings. The quantitative estimate of drug-likeness (QED) is 0.601. The summed E-state index contributed by atoms with van der Waals surface area (Å²) >= 11 is 0. The number of ether oxygens (including phenoxy) is 1. The van der Waals surface area contributed by atoms with Gasteiger partial charge in [-0.25, -0.2) is 0 Å². The summed E-state index contributed by atoms with van der Waals surface area (Å²) in [6.07, 6.45) is 5.72.